The third kappa shape index (κ3) is 1.45. The van der Waals surface area contributed by atoms with Crippen molar-refractivity contribution < 1.29 is 0 Å². The summed E-state index contributed by atoms with van der Waals surface area (Å²) in [6.45, 7) is 2.47. The highest BCUT2D eigenvalue weighted by Gasteiger charge is 2.31. The van der Waals surface area contributed by atoms with E-state index in [0.29, 0.717) is 0 Å². The Kier molecular flexibility index (Phi) is 2.20. The summed E-state index contributed by atoms with van der Waals surface area (Å²) in [4.78, 5) is 0. The Hall–Kier alpha value is 0. The summed E-state index contributed by atoms with van der Waals surface area (Å²) in [6.07, 6.45) is 10.7. The van der Waals surface area contributed by atoms with E-state index in [-0.39, 0.29) is 0 Å². The largest absolute Gasteiger partial charge is 0.0622 e. The molecule has 2 aliphatic rings. The van der Waals surface area contributed by atoms with Crippen molar-refractivity contribution in [1.29, 1.82) is 0 Å². The molecular formula is C11H20. The Labute approximate surface area is 70.4 Å². The molecule has 64 valence electrons. The summed E-state index contributed by atoms with van der Waals surface area (Å²) in [7, 11) is 0. The van der Waals surface area contributed by atoms with E-state index in [9.17, 15) is 0 Å². The fourth-order valence-corrected chi connectivity index (χ4v) is 3.26. The zero-order chi connectivity index (χ0) is 7.68. The van der Waals surface area contributed by atoms with Crippen LogP contribution in [-0.2, 0) is 0 Å². The van der Waals surface area contributed by atoms with Crippen LogP contribution in [0.25, 0.3) is 0 Å². The van der Waals surface area contributed by atoms with Gasteiger partial charge in [-0.05, 0) is 24.2 Å². The van der Waals surface area contributed by atoms with Crippen molar-refractivity contribution in [2.45, 2.75) is 51.9 Å². The lowest BCUT2D eigenvalue weighted by Gasteiger charge is -2.22. The maximum Gasteiger partial charge on any atom is -0.0360 e. The summed E-state index contributed by atoms with van der Waals surface area (Å²) < 4.78 is 0. The molecule has 0 N–H and O–H groups in total. The van der Waals surface area contributed by atoms with Gasteiger partial charge in [0.05, 0.1) is 0 Å². The molecule has 2 saturated carbocycles. The van der Waals surface area contributed by atoms with Crippen LogP contribution in [0.1, 0.15) is 51.9 Å². The molecule has 0 heterocycles. The summed E-state index contributed by atoms with van der Waals surface area (Å²) in [5.41, 5.74) is 0. The molecule has 2 rings (SSSR count). The summed E-state index contributed by atoms with van der Waals surface area (Å²) in [5.74, 6) is 3.31. The van der Waals surface area contributed by atoms with Gasteiger partial charge in [0, 0.05) is 0 Å². The quantitative estimate of drug-likeness (QED) is 0.538. The third-order valence-electron chi connectivity index (χ3n) is 3.93. The van der Waals surface area contributed by atoms with Crippen molar-refractivity contribution in [2.24, 2.45) is 17.8 Å². The van der Waals surface area contributed by atoms with E-state index in [0.717, 1.165) is 17.8 Å². The minimum atomic E-state index is 1.05. The highest BCUT2D eigenvalue weighted by atomic mass is 14.4. The van der Waals surface area contributed by atoms with Crippen LogP contribution in [0, 0.1) is 17.8 Å². The predicted molar refractivity (Wildman–Crippen MR) is 48.5 cm³/mol. The van der Waals surface area contributed by atoms with E-state index < -0.39 is 0 Å². The Bertz CT molecular complexity index is 122. The van der Waals surface area contributed by atoms with Crippen LogP contribution in [0.4, 0.5) is 0 Å². The van der Waals surface area contributed by atoms with Crippen molar-refractivity contribution >= 4 is 0 Å². The molecule has 0 aromatic heterocycles. The SMILES string of the molecule is C[C@@H]1CCC[C@@H]1C1CCCC1. The Morgan fingerprint density at radius 2 is 1.55 bits per heavy atom. The third-order valence-corrected chi connectivity index (χ3v) is 3.93. The van der Waals surface area contributed by atoms with Gasteiger partial charge in [-0.25, -0.2) is 0 Å². The van der Waals surface area contributed by atoms with Crippen molar-refractivity contribution in [3.05, 3.63) is 0 Å². The maximum absolute atomic E-state index is 2.47. The van der Waals surface area contributed by atoms with Crippen molar-refractivity contribution in [1.82, 2.24) is 0 Å². The standard InChI is InChI=1S/C11H20/c1-9-5-4-8-11(9)10-6-2-3-7-10/h9-11H,2-8H2,1H3/t9-,11+/m1/s1. The van der Waals surface area contributed by atoms with Crippen LogP contribution in [0.2, 0.25) is 0 Å². The van der Waals surface area contributed by atoms with Crippen LogP contribution in [-0.4, -0.2) is 0 Å². The van der Waals surface area contributed by atoms with Gasteiger partial charge < -0.3 is 0 Å². The molecule has 0 spiro atoms. The normalized spacial score (nSPS) is 40.1. The first-order valence-electron chi connectivity index (χ1n) is 5.38. The van der Waals surface area contributed by atoms with Crippen LogP contribution >= 0.6 is 0 Å². The molecule has 0 aromatic carbocycles. The van der Waals surface area contributed by atoms with E-state index in [4.69, 9.17) is 0 Å². The lowest BCUT2D eigenvalue weighted by molar-refractivity contribution is 0.280. The first-order valence-corrected chi connectivity index (χ1v) is 5.38. The Balaban J connectivity index is 1.92. The highest BCUT2D eigenvalue weighted by molar-refractivity contribution is 4.82. The van der Waals surface area contributed by atoms with E-state index in [1.54, 1.807) is 19.3 Å². The van der Waals surface area contributed by atoms with Crippen molar-refractivity contribution in [2.75, 3.05) is 0 Å². The van der Waals surface area contributed by atoms with E-state index in [1.165, 1.54) is 25.7 Å². The molecule has 0 radical (unpaired) electrons. The molecule has 0 aliphatic heterocycles. The summed E-state index contributed by atoms with van der Waals surface area (Å²) in [5, 5.41) is 0. The molecule has 0 unspecified atom stereocenters. The minimum Gasteiger partial charge on any atom is -0.0622 e. The molecule has 0 nitrogen and oxygen atoms in total. The second-order valence-electron chi connectivity index (χ2n) is 4.62. The summed E-state index contributed by atoms with van der Waals surface area (Å²) >= 11 is 0. The van der Waals surface area contributed by atoms with Gasteiger partial charge >= 0.3 is 0 Å². The Morgan fingerprint density at radius 1 is 0.818 bits per heavy atom. The first kappa shape index (κ1) is 7.64. The van der Waals surface area contributed by atoms with Gasteiger partial charge in [0.25, 0.3) is 0 Å². The molecule has 2 fully saturated rings. The molecule has 0 amide bonds. The van der Waals surface area contributed by atoms with Crippen LogP contribution in [0.5, 0.6) is 0 Å². The number of rotatable bonds is 1. The Morgan fingerprint density at radius 3 is 2.09 bits per heavy atom. The average molecular weight is 152 g/mol. The van der Waals surface area contributed by atoms with E-state index >= 15 is 0 Å². The van der Waals surface area contributed by atoms with Crippen LogP contribution < -0.4 is 0 Å². The summed E-state index contributed by atoms with van der Waals surface area (Å²) in [6, 6.07) is 0. The molecule has 0 bridgehead atoms. The van der Waals surface area contributed by atoms with Gasteiger partial charge in [-0.3, -0.25) is 0 Å². The smallest absolute Gasteiger partial charge is 0.0360 e. The average Bonchev–Trinajstić information content (AvgIpc) is 2.55. The predicted octanol–water partition coefficient (Wildman–Crippen LogP) is 3.61. The monoisotopic (exact) mass is 152 g/mol. The van der Waals surface area contributed by atoms with Gasteiger partial charge in [0.1, 0.15) is 0 Å². The van der Waals surface area contributed by atoms with E-state index in [1.807, 2.05) is 0 Å². The van der Waals surface area contributed by atoms with Crippen molar-refractivity contribution in [3.63, 3.8) is 0 Å². The van der Waals surface area contributed by atoms with Crippen LogP contribution in [0.15, 0.2) is 0 Å². The van der Waals surface area contributed by atoms with Gasteiger partial charge in [0.15, 0.2) is 0 Å². The maximum atomic E-state index is 2.47. The molecule has 0 aromatic rings. The van der Waals surface area contributed by atoms with Gasteiger partial charge in [0.2, 0.25) is 0 Å². The molecule has 2 aliphatic carbocycles. The van der Waals surface area contributed by atoms with Crippen LogP contribution in [0.3, 0.4) is 0 Å². The fraction of sp³-hybridized carbons (Fsp3) is 1.00. The van der Waals surface area contributed by atoms with Crippen molar-refractivity contribution in [3.8, 4) is 0 Å². The van der Waals surface area contributed by atoms with Gasteiger partial charge in [-0.2, -0.15) is 0 Å². The lowest BCUT2D eigenvalue weighted by Crippen LogP contribution is -2.13. The minimum absolute atomic E-state index is 1.05. The molecule has 11 heavy (non-hydrogen) atoms. The number of hydrogen-bond acceptors (Lipinski definition) is 0. The van der Waals surface area contributed by atoms with Gasteiger partial charge in [-0.15, -0.1) is 0 Å². The second kappa shape index (κ2) is 3.16. The second-order valence-corrected chi connectivity index (χ2v) is 4.62. The lowest BCUT2D eigenvalue weighted by atomic mass is 9.84. The molecule has 2 atom stereocenters. The molecular weight excluding hydrogens is 132 g/mol. The first-order chi connectivity index (χ1) is 5.38. The zero-order valence-electron chi connectivity index (χ0n) is 7.68. The fourth-order valence-electron chi connectivity index (χ4n) is 3.26. The highest BCUT2D eigenvalue weighted by Crippen LogP contribution is 2.43. The number of hydrogen-bond donors (Lipinski definition) is 0. The molecule has 0 saturated heterocycles. The topological polar surface area (TPSA) is 0 Å². The zero-order valence-corrected chi connectivity index (χ0v) is 7.68. The van der Waals surface area contributed by atoms with E-state index in [2.05, 4.69) is 6.92 Å². The van der Waals surface area contributed by atoms with Gasteiger partial charge in [-0.1, -0.05) is 45.4 Å². The molecule has 0 heteroatoms.